The van der Waals surface area contributed by atoms with Crippen LogP contribution in [-0.4, -0.2) is 54.5 Å². The van der Waals surface area contributed by atoms with Crippen LogP contribution < -0.4 is 0 Å². The third-order valence-corrected chi connectivity index (χ3v) is 5.85. The standard InChI is InChI=1S/C22H32N2O3/c1-3-4-13-27-16-20(25)24-12-10-22(17-24)9-6-11-23(21(22)26)15-19-8-5-7-18(2)14-19/h5,7-8,14H,3-4,6,9-13,15-17H2,1-2H3/t22-/m1/s1. The first kappa shape index (κ1) is 19.9. The molecule has 2 aliphatic rings. The lowest BCUT2D eigenvalue weighted by atomic mass is 9.78. The van der Waals surface area contributed by atoms with Crippen molar-refractivity contribution in [2.45, 2.75) is 52.5 Å². The van der Waals surface area contributed by atoms with E-state index in [0.29, 0.717) is 26.2 Å². The average molecular weight is 373 g/mol. The van der Waals surface area contributed by atoms with Crippen LogP contribution in [0.25, 0.3) is 0 Å². The molecule has 0 unspecified atom stereocenters. The Bertz CT molecular complexity index is 675. The quantitative estimate of drug-likeness (QED) is 0.691. The van der Waals surface area contributed by atoms with E-state index in [0.717, 1.165) is 38.6 Å². The molecule has 0 N–H and O–H groups in total. The highest BCUT2D eigenvalue weighted by atomic mass is 16.5. The predicted molar refractivity (Wildman–Crippen MR) is 105 cm³/mol. The van der Waals surface area contributed by atoms with Crippen molar-refractivity contribution >= 4 is 11.8 Å². The third kappa shape index (κ3) is 4.70. The van der Waals surface area contributed by atoms with Crippen LogP contribution in [0.15, 0.2) is 24.3 Å². The Morgan fingerprint density at radius 3 is 2.89 bits per heavy atom. The molecule has 2 saturated heterocycles. The van der Waals surface area contributed by atoms with Crippen LogP contribution in [0.4, 0.5) is 0 Å². The summed E-state index contributed by atoms with van der Waals surface area (Å²) in [6.07, 6.45) is 4.70. The number of amides is 2. The number of ether oxygens (including phenoxy) is 1. The SMILES string of the molecule is CCCCOCC(=O)N1CC[C@]2(CCCN(Cc3cccc(C)c3)C2=O)C1. The normalized spacial score (nSPS) is 22.7. The average Bonchev–Trinajstić information content (AvgIpc) is 3.08. The molecule has 2 aliphatic heterocycles. The molecule has 5 heteroatoms. The van der Waals surface area contributed by atoms with Gasteiger partial charge in [-0.1, -0.05) is 43.2 Å². The highest BCUT2D eigenvalue weighted by Gasteiger charge is 2.49. The summed E-state index contributed by atoms with van der Waals surface area (Å²) in [4.78, 5) is 29.5. The number of rotatable bonds is 7. The van der Waals surface area contributed by atoms with E-state index in [2.05, 4.69) is 32.0 Å². The van der Waals surface area contributed by atoms with Crippen LogP contribution in [0.5, 0.6) is 0 Å². The molecule has 0 bridgehead atoms. The van der Waals surface area contributed by atoms with Gasteiger partial charge in [0.05, 0.1) is 5.41 Å². The number of nitrogens with zero attached hydrogens (tertiary/aromatic N) is 2. The first-order valence-corrected chi connectivity index (χ1v) is 10.2. The van der Waals surface area contributed by atoms with E-state index < -0.39 is 0 Å². The zero-order valence-electron chi connectivity index (χ0n) is 16.7. The van der Waals surface area contributed by atoms with Gasteiger partial charge < -0.3 is 14.5 Å². The van der Waals surface area contributed by atoms with E-state index >= 15 is 0 Å². The largest absolute Gasteiger partial charge is 0.372 e. The third-order valence-electron chi connectivity index (χ3n) is 5.85. The summed E-state index contributed by atoms with van der Waals surface area (Å²) >= 11 is 0. The lowest BCUT2D eigenvalue weighted by Gasteiger charge is -2.39. The van der Waals surface area contributed by atoms with Crippen LogP contribution >= 0.6 is 0 Å². The molecule has 1 spiro atoms. The fourth-order valence-corrected chi connectivity index (χ4v) is 4.30. The maximum absolute atomic E-state index is 13.3. The van der Waals surface area contributed by atoms with Gasteiger partial charge in [-0.15, -0.1) is 0 Å². The molecule has 3 rings (SSSR count). The second kappa shape index (κ2) is 8.87. The molecule has 2 amide bonds. The molecule has 0 aliphatic carbocycles. The van der Waals surface area contributed by atoms with E-state index in [-0.39, 0.29) is 23.8 Å². The van der Waals surface area contributed by atoms with Gasteiger partial charge in [-0.2, -0.15) is 0 Å². The Hall–Kier alpha value is -1.88. The molecule has 0 radical (unpaired) electrons. The zero-order valence-corrected chi connectivity index (χ0v) is 16.7. The highest BCUT2D eigenvalue weighted by molar-refractivity contribution is 5.86. The summed E-state index contributed by atoms with van der Waals surface area (Å²) in [5, 5.41) is 0. The minimum absolute atomic E-state index is 0.0200. The molecule has 1 aromatic carbocycles. The Morgan fingerprint density at radius 1 is 1.26 bits per heavy atom. The zero-order chi connectivity index (χ0) is 19.3. The van der Waals surface area contributed by atoms with Gasteiger partial charge in [0.2, 0.25) is 11.8 Å². The Balaban J connectivity index is 1.59. The Kier molecular flexibility index (Phi) is 6.53. The van der Waals surface area contributed by atoms with Crippen molar-refractivity contribution in [1.82, 2.24) is 9.80 Å². The number of unbranched alkanes of at least 4 members (excludes halogenated alkanes) is 1. The van der Waals surface area contributed by atoms with Crippen molar-refractivity contribution in [3.05, 3.63) is 35.4 Å². The minimum Gasteiger partial charge on any atom is -0.372 e. The smallest absolute Gasteiger partial charge is 0.248 e. The Labute approximate surface area is 162 Å². The molecule has 2 heterocycles. The number of carbonyl (C=O) groups excluding carboxylic acids is 2. The lowest BCUT2D eigenvalue weighted by molar-refractivity contribution is -0.147. The van der Waals surface area contributed by atoms with Gasteiger partial charge in [-0.25, -0.2) is 0 Å². The fourth-order valence-electron chi connectivity index (χ4n) is 4.30. The van der Waals surface area contributed by atoms with E-state index in [1.807, 2.05) is 15.9 Å². The molecule has 27 heavy (non-hydrogen) atoms. The van der Waals surface area contributed by atoms with Crippen LogP contribution in [0.3, 0.4) is 0 Å². The van der Waals surface area contributed by atoms with Crippen molar-refractivity contribution in [3.8, 4) is 0 Å². The summed E-state index contributed by atoms with van der Waals surface area (Å²) in [5.74, 6) is 0.240. The topological polar surface area (TPSA) is 49.9 Å². The van der Waals surface area contributed by atoms with Gasteiger partial charge in [0.1, 0.15) is 6.61 Å². The van der Waals surface area contributed by atoms with E-state index in [1.54, 1.807) is 0 Å². The van der Waals surface area contributed by atoms with Crippen molar-refractivity contribution in [2.75, 3.05) is 32.8 Å². The van der Waals surface area contributed by atoms with Crippen LogP contribution in [0.2, 0.25) is 0 Å². The number of piperidine rings is 1. The first-order valence-electron chi connectivity index (χ1n) is 10.2. The monoisotopic (exact) mass is 372 g/mol. The number of benzene rings is 1. The maximum atomic E-state index is 13.3. The minimum atomic E-state index is -0.388. The highest BCUT2D eigenvalue weighted by Crippen LogP contribution is 2.40. The molecular weight excluding hydrogens is 340 g/mol. The lowest BCUT2D eigenvalue weighted by Crippen LogP contribution is -2.50. The molecular formula is C22H32N2O3. The Morgan fingerprint density at radius 2 is 2.11 bits per heavy atom. The van der Waals surface area contributed by atoms with Crippen LogP contribution in [0.1, 0.15) is 50.2 Å². The van der Waals surface area contributed by atoms with Gasteiger partial charge in [-0.05, 0) is 38.2 Å². The summed E-state index contributed by atoms with van der Waals surface area (Å²) in [6, 6.07) is 8.35. The number of carbonyl (C=O) groups is 2. The van der Waals surface area contributed by atoms with E-state index in [9.17, 15) is 9.59 Å². The molecule has 0 aromatic heterocycles. The van der Waals surface area contributed by atoms with Crippen molar-refractivity contribution in [2.24, 2.45) is 5.41 Å². The number of hydrogen-bond acceptors (Lipinski definition) is 3. The summed E-state index contributed by atoms with van der Waals surface area (Å²) in [7, 11) is 0. The number of likely N-dealkylation sites (tertiary alicyclic amines) is 2. The summed E-state index contributed by atoms with van der Waals surface area (Å²) < 4.78 is 5.48. The van der Waals surface area contributed by atoms with Gasteiger partial charge in [0, 0.05) is 32.8 Å². The van der Waals surface area contributed by atoms with Crippen LogP contribution in [-0.2, 0) is 20.9 Å². The first-order chi connectivity index (χ1) is 13.0. The fraction of sp³-hybridized carbons (Fsp3) is 0.636. The number of aryl methyl sites for hydroxylation is 1. The maximum Gasteiger partial charge on any atom is 0.248 e. The summed E-state index contributed by atoms with van der Waals surface area (Å²) in [6.45, 7) is 7.63. The molecule has 2 fully saturated rings. The molecule has 148 valence electrons. The van der Waals surface area contributed by atoms with Gasteiger partial charge >= 0.3 is 0 Å². The number of hydrogen-bond donors (Lipinski definition) is 0. The van der Waals surface area contributed by atoms with Gasteiger partial charge in [-0.3, -0.25) is 9.59 Å². The molecule has 5 nitrogen and oxygen atoms in total. The van der Waals surface area contributed by atoms with E-state index in [4.69, 9.17) is 4.74 Å². The molecule has 1 aromatic rings. The van der Waals surface area contributed by atoms with Crippen molar-refractivity contribution < 1.29 is 14.3 Å². The van der Waals surface area contributed by atoms with Crippen molar-refractivity contribution in [1.29, 1.82) is 0 Å². The van der Waals surface area contributed by atoms with Gasteiger partial charge in [0.15, 0.2) is 0 Å². The second-order valence-electron chi connectivity index (χ2n) is 8.07. The van der Waals surface area contributed by atoms with Crippen molar-refractivity contribution in [3.63, 3.8) is 0 Å². The molecule has 1 atom stereocenters. The van der Waals surface area contributed by atoms with Crippen LogP contribution in [0, 0.1) is 12.3 Å². The molecule has 0 saturated carbocycles. The van der Waals surface area contributed by atoms with Gasteiger partial charge in [0.25, 0.3) is 0 Å². The predicted octanol–water partition coefficient (Wildman–Crippen LogP) is 3.15. The summed E-state index contributed by atoms with van der Waals surface area (Å²) in [5.41, 5.74) is 2.00. The second-order valence-corrected chi connectivity index (χ2v) is 8.07. The van der Waals surface area contributed by atoms with E-state index in [1.165, 1.54) is 11.1 Å².